The van der Waals surface area contributed by atoms with Crippen molar-refractivity contribution in [3.63, 3.8) is 0 Å². The molecule has 0 aliphatic carbocycles. The molecule has 1 unspecified atom stereocenters. The summed E-state index contributed by atoms with van der Waals surface area (Å²) in [5.74, 6) is 0.148. The SMILES string of the molecule is CN1c2cc(Br)ccc2S(=O)(=O)CC1CCN. The van der Waals surface area contributed by atoms with Gasteiger partial charge in [0.25, 0.3) is 0 Å². The normalized spacial score (nSPS) is 22.3. The van der Waals surface area contributed by atoms with Crippen LogP contribution in [0.4, 0.5) is 5.69 Å². The van der Waals surface area contributed by atoms with E-state index < -0.39 is 9.84 Å². The highest BCUT2D eigenvalue weighted by Crippen LogP contribution is 2.35. The summed E-state index contributed by atoms with van der Waals surface area (Å²) < 4.78 is 25.1. The van der Waals surface area contributed by atoms with Gasteiger partial charge in [0.2, 0.25) is 0 Å². The molecule has 1 atom stereocenters. The van der Waals surface area contributed by atoms with Gasteiger partial charge in [-0.05, 0) is 31.2 Å². The van der Waals surface area contributed by atoms with Crippen molar-refractivity contribution in [2.75, 3.05) is 24.2 Å². The first-order valence-electron chi connectivity index (χ1n) is 5.41. The lowest BCUT2D eigenvalue weighted by atomic mass is 10.1. The van der Waals surface area contributed by atoms with Crippen molar-refractivity contribution in [2.45, 2.75) is 17.4 Å². The largest absolute Gasteiger partial charge is 0.369 e. The molecular weight excluding hydrogens is 304 g/mol. The molecular formula is C11H15BrN2O2S. The molecule has 1 aliphatic rings. The van der Waals surface area contributed by atoms with Gasteiger partial charge >= 0.3 is 0 Å². The van der Waals surface area contributed by atoms with Crippen molar-refractivity contribution in [1.82, 2.24) is 0 Å². The Kier molecular flexibility index (Phi) is 3.47. The number of nitrogens with zero attached hydrogens (tertiary/aromatic N) is 1. The zero-order chi connectivity index (χ0) is 12.6. The topological polar surface area (TPSA) is 63.4 Å². The molecule has 1 aromatic carbocycles. The van der Waals surface area contributed by atoms with Gasteiger partial charge in [-0.25, -0.2) is 8.42 Å². The van der Waals surface area contributed by atoms with Crippen LogP contribution in [0.3, 0.4) is 0 Å². The zero-order valence-corrected chi connectivity index (χ0v) is 12.0. The molecule has 1 aliphatic heterocycles. The fourth-order valence-electron chi connectivity index (χ4n) is 2.15. The predicted molar refractivity (Wildman–Crippen MR) is 72.1 cm³/mol. The van der Waals surface area contributed by atoms with Gasteiger partial charge in [-0.3, -0.25) is 0 Å². The maximum atomic E-state index is 12.1. The minimum absolute atomic E-state index is 0.0354. The molecule has 0 saturated heterocycles. The first kappa shape index (κ1) is 12.9. The summed E-state index contributed by atoms with van der Waals surface area (Å²) >= 11 is 3.37. The fraction of sp³-hybridized carbons (Fsp3) is 0.455. The van der Waals surface area contributed by atoms with Gasteiger partial charge in [0.1, 0.15) is 0 Å². The number of benzene rings is 1. The monoisotopic (exact) mass is 318 g/mol. The smallest absolute Gasteiger partial charge is 0.182 e. The van der Waals surface area contributed by atoms with Crippen molar-refractivity contribution in [2.24, 2.45) is 5.73 Å². The second-order valence-corrected chi connectivity index (χ2v) is 7.15. The molecule has 0 radical (unpaired) electrons. The van der Waals surface area contributed by atoms with E-state index in [1.54, 1.807) is 12.1 Å². The van der Waals surface area contributed by atoms with E-state index in [4.69, 9.17) is 5.73 Å². The fourth-order valence-corrected chi connectivity index (χ4v) is 4.37. The molecule has 1 heterocycles. The van der Waals surface area contributed by atoms with Crippen LogP contribution in [-0.2, 0) is 9.84 Å². The minimum Gasteiger partial charge on any atom is -0.369 e. The first-order chi connectivity index (χ1) is 7.95. The first-order valence-corrected chi connectivity index (χ1v) is 7.85. The third-order valence-corrected chi connectivity index (χ3v) is 5.43. The highest BCUT2D eigenvalue weighted by Gasteiger charge is 2.33. The standard InChI is InChI=1S/C11H15BrN2O2S/c1-14-9(4-5-13)7-17(15,16)11-3-2-8(12)6-10(11)14/h2-3,6,9H,4-5,7,13H2,1H3. The van der Waals surface area contributed by atoms with Gasteiger partial charge < -0.3 is 10.6 Å². The quantitative estimate of drug-likeness (QED) is 0.895. The lowest BCUT2D eigenvalue weighted by Crippen LogP contribution is -2.43. The van der Waals surface area contributed by atoms with Crippen LogP contribution in [0, 0.1) is 0 Å². The Morgan fingerprint density at radius 2 is 2.24 bits per heavy atom. The van der Waals surface area contributed by atoms with Crippen molar-refractivity contribution in [3.8, 4) is 0 Å². The summed E-state index contributed by atoms with van der Waals surface area (Å²) in [6, 6.07) is 5.22. The van der Waals surface area contributed by atoms with Gasteiger partial charge in [0.15, 0.2) is 9.84 Å². The van der Waals surface area contributed by atoms with Gasteiger partial charge in [0.05, 0.1) is 16.3 Å². The van der Waals surface area contributed by atoms with Crippen LogP contribution in [0.15, 0.2) is 27.6 Å². The molecule has 4 nitrogen and oxygen atoms in total. The molecule has 0 amide bonds. The number of hydrogen-bond donors (Lipinski definition) is 1. The van der Waals surface area contributed by atoms with E-state index in [0.717, 1.165) is 10.2 Å². The van der Waals surface area contributed by atoms with E-state index in [2.05, 4.69) is 15.9 Å². The summed E-state index contributed by atoms with van der Waals surface area (Å²) in [7, 11) is -1.26. The number of anilines is 1. The average Bonchev–Trinajstić information content (AvgIpc) is 2.25. The molecule has 17 heavy (non-hydrogen) atoms. The molecule has 0 saturated carbocycles. The molecule has 0 fully saturated rings. The Bertz CT molecular complexity index is 530. The third-order valence-electron chi connectivity index (χ3n) is 3.10. The van der Waals surface area contributed by atoms with E-state index in [-0.39, 0.29) is 11.8 Å². The van der Waals surface area contributed by atoms with E-state index in [9.17, 15) is 8.42 Å². The molecule has 0 bridgehead atoms. The van der Waals surface area contributed by atoms with Crippen molar-refractivity contribution < 1.29 is 8.42 Å². The van der Waals surface area contributed by atoms with Gasteiger partial charge in [0, 0.05) is 17.6 Å². The number of sulfone groups is 1. The Morgan fingerprint density at radius 1 is 1.53 bits per heavy atom. The van der Waals surface area contributed by atoms with Crippen LogP contribution >= 0.6 is 15.9 Å². The summed E-state index contributed by atoms with van der Waals surface area (Å²) in [6.07, 6.45) is 0.682. The second-order valence-electron chi connectivity index (χ2n) is 4.24. The van der Waals surface area contributed by atoms with E-state index >= 15 is 0 Å². The van der Waals surface area contributed by atoms with Gasteiger partial charge in [-0.2, -0.15) is 0 Å². The summed E-state index contributed by atoms with van der Waals surface area (Å²) in [5, 5.41) is 0. The molecule has 2 rings (SSSR count). The van der Waals surface area contributed by atoms with Crippen LogP contribution < -0.4 is 10.6 Å². The number of nitrogens with two attached hydrogens (primary N) is 1. The number of hydrogen-bond acceptors (Lipinski definition) is 4. The average molecular weight is 319 g/mol. The van der Waals surface area contributed by atoms with Crippen molar-refractivity contribution in [3.05, 3.63) is 22.7 Å². The number of rotatable bonds is 2. The third kappa shape index (κ3) is 2.34. The van der Waals surface area contributed by atoms with Gasteiger partial charge in [-0.15, -0.1) is 0 Å². The zero-order valence-electron chi connectivity index (χ0n) is 9.56. The molecule has 94 valence electrons. The molecule has 0 spiro atoms. The van der Waals surface area contributed by atoms with Gasteiger partial charge in [-0.1, -0.05) is 15.9 Å². The Labute approximate surface area is 110 Å². The summed E-state index contributed by atoms with van der Waals surface area (Å²) in [5.41, 5.74) is 6.28. The van der Waals surface area contributed by atoms with E-state index in [0.29, 0.717) is 17.9 Å². The van der Waals surface area contributed by atoms with E-state index in [1.165, 1.54) is 0 Å². The molecule has 1 aromatic rings. The molecule has 2 N–H and O–H groups in total. The van der Waals surface area contributed by atoms with Crippen LogP contribution in [-0.4, -0.2) is 33.8 Å². The van der Waals surface area contributed by atoms with Crippen LogP contribution in [0.2, 0.25) is 0 Å². The van der Waals surface area contributed by atoms with E-state index in [1.807, 2.05) is 18.0 Å². The second kappa shape index (κ2) is 4.59. The maximum absolute atomic E-state index is 12.1. The Morgan fingerprint density at radius 3 is 2.88 bits per heavy atom. The lowest BCUT2D eigenvalue weighted by molar-refractivity contribution is 0.560. The number of fused-ring (bicyclic) bond motifs is 1. The Balaban J connectivity index is 2.53. The van der Waals surface area contributed by atoms with Crippen molar-refractivity contribution >= 4 is 31.5 Å². The number of halogens is 1. The Hall–Kier alpha value is -0.590. The molecule has 6 heteroatoms. The van der Waals surface area contributed by atoms with Crippen LogP contribution in [0.1, 0.15) is 6.42 Å². The maximum Gasteiger partial charge on any atom is 0.182 e. The van der Waals surface area contributed by atoms with Crippen molar-refractivity contribution in [1.29, 1.82) is 0 Å². The highest BCUT2D eigenvalue weighted by atomic mass is 79.9. The predicted octanol–water partition coefficient (Wildman–Crippen LogP) is 1.39. The summed E-state index contributed by atoms with van der Waals surface area (Å²) in [4.78, 5) is 2.42. The van der Waals surface area contributed by atoms with Crippen LogP contribution in [0.5, 0.6) is 0 Å². The molecule has 0 aromatic heterocycles. The summed E-state index contributed by atoms with van der Waals surface area (Å²) in [6.45, 7) is 0.494. The lowest BCUT2D eigenvalue weighted by Gasteiger charge is -2.35. The van der Waals surface area contributed by atoms with Crippen LogP contribution in [0.25, 0.3) is 0 Å². The highest BCUT2D eigenvalue weighted by molar-refractivity contribution is 9.10. The minimum atomic E-state index is -3.18.